The molecule has 1 unspecified atom stereocenters. The second-order valence-corrected chi connectivity index (χ2v) is 6.67. The Morgan fingerprint density at radius 2 is 1.82 bits per heavy atom. The van der Waals surface area contributed by atoms with Gasteiger partial charge in [-0.1, -0.05) is 0 Å². The molecular formula is C19H17MgN7O6. The van der Waals surface area contributed by atoms with Crippen molar-refractivity contribution in [3.05, 3.63) is 52.1 Å². The molecule has 33 heavy (non-hydrogen) atoms. The molecule has 0 bridgehead atoms. The van der Waals surface area contributed by atoms with Crippen LogP contribution in [-0.2, 0) is 16.1 Å². The molecule has 1 atom stereocenters. The van der Waals surface area contributed by atoms with Gasteiger partial charge in [-0.25, -0.2) is 9.97 Å². The molecule has 0 aliphatic carbocycles. The zero-order valence-electron chi connectivity index (χ0n) is 17.2. The van der Waals surface area contributed by atoms with Gasteiger partial charge in [-0.05, 0) is 37.1 Å². The number of nitrogens with two attached hydrogens (primary N) is 1. The minimum Gasteiger partial charge on any atom is -0.550 e. The number of carboxylic acids is 2. The van der Waals surface area contributed by atoms with E-state index in [1.807, 2.05) is 0 Å². The van der Waals surface area contributed by atoms with Crippen LogP contribution in [-0.4, -0.2) is 66.9 Å². The van der Waals surface area contributed by atoms with E-state index >= 15 is 0 Å². The number of nitrogens with zero attached hydrogens (tertiary/aromatic N) is 3. The Hall–Kier alpha value is -3.78. The van der Waals surface area contributed by atoms with Crippen molar-refractivity contribution in [3.63, 3.8) is 0 Å². The quantitative estimate of drug-likeness (QED) is 0.233. The second kappa shape index (κ2) is 11.2. The topological polar surface area (TPSA) is 219 Å². The maximum atomic E-state index is 12.2. The van der Waals surface area contributed by atoms with Crippen molar-refractivity contribution in [1.29, 1.82) is 0 Å². The molecule has 14 heteroatoms. The monoisotopic (exact) mass is 463 g/mol. The molecule has 0 aliphatic rings. The van der Waals surface area contributed by atoms with Crippen LogP contribution >= 0.6 is 0 Å². The number of hydrogen-bond acceptors (Lipinski definition) is 11. The zero-order valence-corrected chi connectivity index (χ0v) is 18.6. The van der Waals surface area contributed by atoms with Crippen LogP contribution in [0, 0.1) is 0 Å². The average Bonchev–Trinajstić information content (AvgIpc) is 2.75. The van der Waals surface area contributed by atoms with Gasteiger partial charge in [0, 0.05) is 17.2 Å². The number of fused-ring (bicyclic) bond motifs is 1. The van der Waals surface area contributed by atoms with Crippen LogP contribution in [0.2, 0.25) is 0 Å². The van der Waals surface area contributed by atoms with Crippen LogP contribution in [0.25, 0.3) is 11.2 Å². The largest absolute Gasteiger partial charge is 2.00 e. The first-order chi connectivity index (χ1) is 15.2. The average molecular weight is 464 g/mol. The summed E-state index contributed by atoms with van der Waals surface area (Å²) in [6.07, 6.45) is 0.554. The van der Waals surface area contributed by atoms with Crippen LogP contribution in [0.3, 0.4) is 0 Å². The number of hydrogen-bond donors (Lipinski definition) is 4. The summed E-state index contributed by atoms with van der Waals surface area (Å²) in [4.78, 5) is 60.2. The minimum atomic E-state index is -1.59. The van der Waals surface area contributed by atoms with E-state index in [2.05, 4.69) is 30.6 Å². The number of nitrogens with one attached hydrogen (secondary N) is 3. The first-order valence-electron chi connectivity index (χ1n) is 9.30. The molecule has 3 rings (SSSR count). The Morgan fingerprint density at radius 1 is 1.12 bits per heavy atom. The molecule has 13 nitrogen and oxygen atoms in total. The van der Waals surface area contributed by atoms with Gasteiger partial charge in [-0.3, -0.25) is 14.6 Å². The van der Waals surface area contributed by atoms with Gasteiger partial charge in [0.1, 0.15) is 0 Å². The first-order valence-corrected chi connectivity index (χ1v) is 9.30. The van der Waals surface area contributed by atoms with Crippen molar-refractivity contribution in [2.24, 2.45) is 0 Å². The van der Waals surface area contributed by atoms with Crippen LogP contribution in [0.5, 0.6) is 0 Å². The maximum absolute atomic E-state index is 12.2. The maximum Gasteiger partial charge on any atom is 2.00 e. The van der Waals surface area contributed by atoms with Crippen molar-refractivity contribution in [2.45, 2.75) is 25.4 Å². The fraction of sp³-hybridized carbons (Fsp3) is 0.211. The predicted molar refractivity (Wildman–Crippen MR) is 112 cm³/mol. The summed E-state index contributed by atoms with van der Waals surface area (Å²) in [5, 5.41) is 26.8. The molecule has 0 saturated carbocycles. The summed E-state index contributed by atoms with van der Waals surface area (Å²) < 4.78 is 0. The van der Waals surface area contributed by atoms with E-state index in [0.29, 0.717) is 11.4 Å². The summed E-state index contributed by atoms with van der Waals surface area (Å²) in [5.74, 6) is -3.78. The van der Waals surface area contributed by atoms with Crippen molar-refractivity contribution in [2.75, 3.05) is 11.1 Å². The molecule has 2 aromatic heterocycles. The number of aromatic nitrogens is 4. The number of benzene rings is 1. The third-order valence-electron chi connectivity index (χ3n) is 4.33. The number of aliphatic carboxylic acids is 2. The van der Waals surface area contributed by atoms with Gasteiger partial charge in [0.05, 0.1) is 30.4 Å². The predicted octanol–water partition coefficient (Wildman–Crippen LogP) is -3.09. The van der Waals surface area contributed by atoms with Gasteiger partial charge in [0.25, 0.3) is 11.5 Å². The Labute approximate surface area is 202 Å². The van der Waals surface area contributed by atoms with E-state index in [4.69, 9.17) is 5.73 Å². The molecule has 1 amide bonds. The number of H-pyrrole nitrogens is 1. The van der Waals surface area contributed by atoms with Crippen LogP contribution in [0.1, 0.15) is 28.9 Å². The SMILES string of the molecule is Nc1nc2ncc(CNc3ccc(C(=O)NC(CCC(=O)[O-])C(=O)[O-])cc3)nc2c(=O)[nH]1.[Mg+2]. The molecule has 2 heterocycles. The Morgan fingerprint density at radius 3 is 2.45 bits per heavy atom. The van der Waals surface area contributed by atoms with Crippen LogP contribution < -0.4 is 32.1 Å². The summed E-state index contributed by atoms with van der Waals surface area (Å²) >= 11 is 0. The third-order valence-corrected chi connectivity index (χ3v) is 4.33. The van der Waals surface area contributed by atoms with E-state index in [9.17, 15) is 29.4 Å². The van der Waals surface area contributed by atoms with Gasteiger partial charge in [0.2, 0.25) is 5.95 Å². The molecule has 0 spiro atoms. The first kappa shape index (κ1) is 25.5. The molecule has 0 radical (unpaired) electrons. The van der Waals surface area contributed by atoms with E-state index < -0.39 is 35.9 Å². The number of nitrogen functional groups attached to an aromatic ring is 1. The number of anilines is 2. The van der Waals surface area contributed by atoms with E-state index in [-0.39, 0.29) is 58.7 Å². The van der Waals surface area contributed by atoms with Crippen LogP contribution in [0.4, 0.5) is 11.6 Å². The van der Waals surface area contributed by atoms with E-state index in [0.717, 1.165) is 0 Å². The smallest absolute Gasteiger partial charge is 0.550 e. The molecule has 0 aliphatic heterocycles. The Bertz CT molecular complexity index is 1230. The summed E-state index contributed by atoms with van der Waals surface area (Å²) in [6.45, 7) is 0.217. The molecule has 0 saturated heterocycles. The number of carbonyl (C=O) groups is 3. The van der Waals surface area contributed by atoms with Gasteiger partial charge in [0.15, 0.2) is 11.2 Å². The number of carboxylic acid groups (broad SMARTS) is 2. The molecule has 5 N–H and O–H groups in total. The van der Waals surface area contributed by atoms with Gasteiger partial charge >= 0.3 is 23.1 Å². The van der Waals surface area contributed by atoms with Gasteiger partial charge in [-0.2, -0.15) is 4.98 Å². The minimum absolute atomic E-state index is 0. The molecule has 1 aromatic carbocycles. The number of amides is 1. The third kappa shape index (κ3) is 6.85. The van der Waals surface area contributed by atoms with E-state index in [1.54, 1.807) is 12.1 Å². The Kier molecular flexibility index (Phi) is 8.64. The van der Waals surface area contributed by atoms with Crippen LogP contribution in [0.15, 0.2) is 35.3 Å². The normalized spacial score (nSPS) is 11.3. The fourth-order valence-electron chi connectivity index (χ4n) is 2.74. The second-order valence-electron chi connectivity index (χ2n) is 6.67. The summed E-state index contributed by atoms with van der Waals surface area (Å²) in [5.41, 5.74) is 6.37. The standard InChI is InChI=1S/C19H19N7O6.Mg/c20-19-25-15-14(17(30)26-19)23-11(8-22-15)7-21-10-3-1-9(2-4-10)16(29)24-12(18(31)32)5-6-13(27)28;/h1-4,8,12,21H,5-7H2,(H,24,29)(H,27,28)(H,31,32)(H3,20,22,25,26,30);/q;+2/p-2. The van der Waals surface area contributed by atoms with E-state index in [1.165, 1.54) is 18.3 Å². The fourth-order valence-corrected chi connectivity index (χ4v) is 2.74. The Balaban J connectivity index is 0.00000385. The molecule has 0 fully saturated rings. The van der Waals surface area contributed by atoms with Crippen molar-refractivity contribution in [1.82, 2.24) is 25.3 Å². The summed E-state index contributed by atoms with van der Waals surface area (Å²) in [7, 11) is 0. The molecule has 3 aromatic rings. The number of carbonyl (C=O) groups excluding carboxylic acids is 3. The van der Waals surface area contributed by atoms with Crippen molar-refractivity contribution in [3.8, 4) is 0 Å². The molecule has 166 valence electrons. The number of aromatic amines is 1. The van der Waals surface area contributed by atoms with Gasteiger partial charge in [-0.15, -0.1) is 0 Å². The van der Waals surface area contributed by atoms with Crippen molar-refractivity contribution >= 4 is 63.7 Å². The van der Waals surface area contributed by atoms with Crippen molar-refractivity contribution < 1.29 is 24.6 Å². The number of rotatable bonds is 9. The summed E-state index contributed by atoms with van der Waals surface area (Å²) in [6, 6.07) is 4.59. The van der Waals surface area contributed by atoms with Gasteiger partial charge < -0.3 is 36.2 Å². The zero-order chi connectivity index (χ0) is 23.3. The molecular weight excluding hydrogens is 447 g/mol.